The number of methoxy groups -OCH3 is 1. The smallest absolute Gasteiger partial charge is 0.338 e. The highest BCUT2D eigenvalue weighted by Crippen LogP contribution is 2.30. The van der Waals surface area contributed by atoms with Gasteiger partial charge in [0.05, 0.1) is 25.9 Å². The normalized spacial score (nSPS) is 12.8. The first kappa shape index (κ1) is 17.7. The number of Topliss-reactive ketones (excluding diaryl/α,β-unsaturated/α-hetero) is 1. The molecule has 26 heavy (non-hydrogen) atoms. The fourth-order valence-corrected chi connectivity index (χ4v) is 2.43. The maximum absolute atomic E-state index is 13.7. The lowest BCUT2D eigenvalue weighted by Gasteiger charge is -2.09. The van der Waals surface area contributed by atoms with Crippen LogP contribution in [0, 0.1) is 5.82 Å². The number of ketones is 1. The summed E-state index contributed by atoms with van der Waals surface area (Å²) in [5.74, 6) is -0.806. The summed E-state index contributed by atoms with van der Waals surface area (Å²) in [6.07, 6.45) is 0.751. The average Bonchev–Trinajstić information content (AvgIpc) is 2.90. The molecule has 2 aromatic carbocycles. The van der Waals surface area contributed by atoms with Crippen LogP contribution in [0.5, 0.6) is 17.2 Å². The number of carbonyl (C=O) groups is 2. The topological polar surface area (TPSA) is 71.1 Å². The molecule has 0 fully saturated rings. The number of hydrogen-bond donors (Lipinski definition) is 0. The molecule has 1 aliphatic heterocycles. The SMILES string of the molecule is COc1ccc(C(=O)COC(=O)c2ccc3c(c2)OCCCO3)cc1F. The van der Waals surface area contributed by atoms with E-state index in [0.717, 1.165) is 12.5 Å². The molecule has 0 atom stereocenters. The van der Waals surface area contributed by atoms with E-state index in [1.54, 1.807) is 6.07 Å². The van der Waals surface area contributed by atoms with Crippen molar-refractivity contribution in [3.63, 3.8) is 0 Å². The van der Waals surface area contributed by atoms with Gasteiger partial charge >= 0.3 is 5.97 Å². The van der Waals surface area contributed by atoms with Crippen molar-refractivity contribution >= 4 is 11.8 Å². The molecule has 1 aliphatic rings. The van der Waals surface area contributed by atoms with E-state index < -0.39 is 24.2 Å². The lowest BCUT2D eigenvalue weighted by atomic mass is 10.1. The van der Waals surface area contributed by atoms with Gasteiger partial charge in [-0.15, -0.1) is 0 Å². The van der Waals surface area contributed by atoms with Crippen molar-refractivity contribution in [1.29, 1.82) is 0 Å². The molecule has 0 N–H and O–H groups in total. The first-order chi connectivity index (χ1) is 12.6. The van der Waals surface area contributed by atoms with Gasteiger partial charge in [0.1, 0.15) is 0 Å². The fourth-order valence-electron chi connectivity index (χ4n) is 2.43. The number of benzene rings is 2. The lowest BCUT2D eigenvalue weighted by molar-refractivity contribution is 0.0474. The van der Waals surface area contributed by atoms with E-state index in [2.05, 4.69) is 0 Å². The first-order valence-electron chi connectivity index (χ1n) is 8.02. The predicted molar refractivity (Wildman–Crippen MR) is 89.6 cm³/mol. The van der Waals surface area contributed by atoms with E-state index in [1.165, 1.54) is 31.4 Å². The molecule has 0 bridgehead atoms. The van der Waals surface area contributed by atoms with Gasteiger partial charge < -0.3 is 18.9 Å². The third-order valence-electron chi connectivity index (χ3n) is 3.79. The molecule has 0 spiro atoms. The van der Waals surface area contributed by atoms with E-state index >= 15 is 0 Å². The molecule has 2 aromatic rings. The Morgan fingerprint density at radius 1 is 1.04 bits per heavy atom. The minimum atomic E-state index is -0.678. The van der Waals surface area contributed by atoms with Crippen LogP contribution in [-0.4, -0.2) is 38.7 Å². The highest BCUT2D eigenvalue weighted by Gasteiger charge is 2.17. The number of fused-ring (bicyclic) bond motifs is 1. The molecular formula is C19H17FO6. The quantitative estimate of drug-likeness (QED) is 0.603. The van der Waals surface area contributed by atoms with E-state index in [-0.39, 0.29) is 16.9 Å². The molecule has 136 valence electrons. The molecule has 0 aliphatic carbocycles. The van der Waals surface area contributed by atoms with Gasteiger partial charge in [-0.05, 0) is 36.4 Å². The van der Waals surface area contributed by atoms with Crippen LogP contribution in [0.15, 0.2) is 36.4 Å². The second-order valence-electron chi connectivity index (χ2n) is 5.56. The summed E-state index contributed by atoms with van der Waals surface area (Å²) in [6.45, 7) is 0.537. The molecule has 6 nitrogen and oxygen atoms in total. The summed E-state index contributed by atoms with van der Waals surface area (Å²) in [7, 11) is 1.33. The molecule has 1 heterocycles. The summed E-state index contributed by atoms with van der Waals surface area (Å²) in [5, 5.41) is 0. The van der Waals surface area contributed by atoms with Crippen molar-refractivity contribution in [2.45, 2.75) is 6.42 Å². The highest BCUT2D eigenvalue weighted by molar-refractivity contribution is 5.99. The summed E-state index contributed by atoms with van der Waals surface area (Å²) < 4.78 is 34.5. The summed E-state index contributed by atoms with van der Waals surface area (Å²) in [6, 6.07) is 8.47. The first-order valence-corrected chi connectivity index (χ1v) is 8.02. The van der Waals surface area contributed by atoms with Gasteiger partial charge in [-0.2, -0.15) is 0 Å². The van der Waals surface area contributed by atoms with Crippen LogP contribution in [0.25, 0.3) is 0 Å². The van der Waals surface area contributed by atoms with Crippen molar-refractivity contribution in [1.82, 2.24) is 0 Å². The minimum absolute atomic E-state index is 0.0331. The van der Waals surface area contributed by atoms with E-state index in [0.29, 0.717) is 24.7 Å². The van der Waals surface area contributed by atoms with Gasteiger partial charge in [0.2, 0.25) is 0 Å². The molecular weight excluding hydrogens is 343 g/mol. The summed E-state index contributed by atoms with van der Waals surface area (Å²) >= 11 is 0. The number of rotatable bonds is 5. The molecule has 0 amide bonds. The number of carbonyl (C=O) groups excluding carboxylic acids is 2. The van der Waals surface area contributed by atoms with Crippen molar-refractivity contribution in [3.8, 4) is 17.2 Å². The Balaban J connectivity index is 1.64. The maximum Gasteiger partial charge on any atom is 0.338 e. The third-order valence-corrected chi connectivity index (χ3v) is 3.79. The van der Waals surface area contributed by atoms with Gasteiger partial charge in [-0.25, -0.2) is 9.18 Å². The summed E-state index contributed by atoms with van der Waals surface area (Å²) in [5.41, 5.74) is 0.331. The molecule has 0 saturated carbocycles. The zero-order chi connectivity index (χ0) is 18.5. The van der Waals surface area contributed by atoms with Gasteiger partial charge in [0, 0.05) is 12.0 Å². The monoisotopic (exact) mass is 360 g/mol. The maximum atomic E-state index is 13.7. The number of hydrogen-bond acceptors (Lipinski definition) is 6. The fraction of sp³-hybridized carbons (Fsp3) is 0.263. The average molecular weight is 360 g/mol. The molecule has 0 aromatic heterocycles. The van der Waals surface area contributed by atoms with Crippen LogP contribution in [-0.2, 0) is 4.74 Å². The second kappa shape index (κ2) is 7.86. The molecule has 0 saturated heterocycles. The van der Waals surface area contributed by atoms with Crippen LogP contribution in [0.3, 0.4) is 0 Å². The Morgan fingerprint density at radius 3 is 2.50 bits per heavy atom. The summed E-state index contributed by atoms with van der Waals surface area (Å²) in [4.78, 5) is 24.2. The standard InChI is InChI=1S/C19H17FO6/c1-23-16-5-3-12(9-14(16)20)15(21)11-26-19(22)13-4-6-17-18(10-13)25-8-2-7-24-17/h3-6,9-10H,2,7-8,11H2,1H3. The van der Waals surface area contributed by atoms with Crippen LogP contribution >= 0.6 is 0 Å². The number of esters is 1. The Labute approximate surface area is 149 Å². The van der Waals surface area contributed by atoms with Crippen molar-refractivity contribution in [3.05, 3.63) is 53.3 Å². The Kier molecular flexibility index (Phi) is 5.36. The van der Waals surface area contributed by atoms with Crippen LogP contribution < -0.4 is 14.2 Å². The van der Waals surface area contributed by atoms with E-state index in [9.17, 15) is 14.0 Å². The lowest BCUT2D eigenvalue weighted by Crippen LogP contribution is -2.14. The Bertz CT molecular complexity index is 833. The van der Waals surface area contributed by atoms with Crippen LogP contribution in [0.4, 0.5) is 4.39 Å². The largest absolute Gasteiger partial charge is 0.494 e. The molecule has 3 rings (SSSR count). The Morgan fingerprint density at radius 2 is 1.77 bits per heavy atom. The zero-order valence-electron chi connectivity index (χ0n) is 14.1. The third kappa shape index (κ3) is 3.93. The van der Waals surface area contributed by atoms with Crippen LogP contribution in [0.2, 0.25) is 0 Å². The number of halogens is 1. The van der Waals surface area contributed by atoms with Crippen molar-refractivity contribution < 1.29 is 32.9 Å². The van der Waals surface area contributed by atoms with Crippen molar-refractivity contribution in [2.24, 2.45) is 0 Å². The number of ether oxygens (including phenoxy) is 4. The molecule has 7 heteroatoms. The molecule has 0 radical (unpaired) electrons. The van der Waals surface area contributed by atoms with Gasteiger partial charge in [0.25, 0.3) is 0 Å². The van der Waals surface area contributed by atoms with E-state index in [1.807, 2.05) is 0 Å². The predicted octanol–water partition coefficient (Wildman–Crippen LogP) is 3.04. The van der Waals surface area contributed by atoms with Gasteiger partial charge in [-0.1, -0.05) is 0 Å². The van der Waals surface area contributed by atoms with Gasteiger partial charge in [0.15, 0.2) is 35.5 Å². The van der Waals surface area contributed by atoms with Crippen LogP contribution in [0.1, 0.15) is 27.1 Å². The second-order valence-corrected chi connectivity index (χ2v) is 5.56. The minimum Gasteiger partial charge on any atom is -0.494 e. The zero-order valence-corrected chi connectivity index (χ0v) is 14.1. The van der Waals surface area contributed by atoms with E-state index in [4.69, 9.17) is 18.9 Å². The molecule has 0 unspecified atom stereocenters. The Hall–Kier alpha value is -3.09. The van der Waals surface area contributed by atoms with Gasteiger partial charge in [-0.3, -0.25) is 4.79 Å². The van der Waals surface area contributed by atoms with Crippen molar-refractivity contribution in [2.75, 3.05) is 26.9 Å². The highest BCUT2D eigenvalue weighted by atomic mass is 19.1.